The van der Waals surface area contributed by atoms with E-state index >= 15 is 0 Å². The van der Waals surface area contributed by atoms with Crippen LogP contribution in [0.4, 0.5) is 0 Å². The van der Waals surface area contributed by atoms with Crippen molar-refractivity contribution in [3.63, 3.8) is 0 Å². The summed E-state index contributed by atoms with van der Waals surface area (Å²) in [6.45, 7) is 8.28. The van der Waals surface area contributed by atoms with Gasteiger partial charge in [0.15, 0.2) is 0 Å². The predicted molar refractivity (Wildman–Crippen MR) is 92.0 cm³/mol. The number of nitrogens with zero attached hydrogens (tertiary/aromatic N) is 1. The second-order valence-electron chi connectivity index (χ2n) is 6.47. The van der Waals surface area contributed by atoms with Crippen molar-refractivity contribution in [2.24, 2.45) is 5.92 Å². The zero-order valence-electron chi connectivity index (χ0n) is 14.1. The van der Waals surface area contributed by atoms with Crippen LogP contribution in [0.5, 0.6) is 0 Å². The Kier molecular flexibility index (Phi) is 6.91. The molecule has 1 aliphatic heterocycles. The molecule has 1 aliphatic rings. The Hall–Kier alpha value is -1.35. The molecule has 0 aliphatic carbocycles. The number of carbonyl (C=O) groups is 1. The highest BCUT2D eigenvalue weighted by atomic mass is 16.2. The maximum atomic E-state index is 12.3. The Labute approximate surface area is 135 Å². The fourth-order valence-electron chi connectivity index (χ4n) is 3.09. The van der Waals surface area contributed by atoms with Gasteiger partial charge in [-0.2, -0.15) is 0 Å². The molecule has 1 N–H and O–H groups in total. The molecule has 22 heavy (non-hydrogen) atoms. The summed E-state index contributed by atoms with van der Waals surface area (Å²) in [5.41, 5.74) is 2.63. The van der Waals surface area contributed by atoms with Crippen molar-refractivity contribution in [1.29, 1.82) is 0 Å². The summed E-state index contributed by atoms with van der Waals surface area (Å²) in [4.78, 5) is 14.3. The average Bonchev–Trinajstić information content (AvgIpc) is 2.55. The van der Waals surface area contributed by atoms with Gasteiger partial charge in [0.05, 0.1) is 0 Å². The minimum Gasteiger partial charge on any atom is -0.343 e. The van der Waals surface area contributed by atoms with E-state index in [0.717, 1.165) is 57.8 Å². The van der Waals surface area contributed by atoms with Gasteiger partial charge >= 0.3 is 0 Å². The summed E-state index contributed by atoms with van der Waals surface area (Å²) in [6, 6.07) is 8.64. The van der Waals surface area contributed by atoms with Gasteiger partial charge in [0.2, 0.25) is 5.91 Å². The number of carbonyl (C=O) groups excluding carboxylic acids is 1. The molecule has 1 fully saturated rings. The molecule has 3 nitrogen and oxygen atoms in total. The standard InChI is InChI=1S/C19H30N2O/c1-3-20-15-18-11-13-21(14-12-18)19(22)6-4-5-17-9-7-16(2)8-10-17/h7-10,18,20H,3-6,11-15H2,1-2H3. The molecule has 0 unspecified atom stereocenters. The lowest BCUT2D eigenvalue weighted by atomic mass is 9.96. The van der Waals surface area contributed by atoms with Gasteiger partial charge in [-0.3, -0.25) is 4.79 Å². The lowest BCUT2D eigenvalue weighted by molar-refractivity contribution is -0.132. The van der Waals surface area contributed by atoms with Gasteiger partial charge in [0, 0.05) is 19.5 Å². The van der Waals surface area contributed by atoms with E-state index in [1.807, 2.05) is 0 Å². The van der Waals surface area contributed by atoms with E-state index in [4.69, 9.17) is 0 Å². The summed E-state index contributed by atoms with van der Waals surface area (Å²) in [5.74, 6) is 1.09. The van der Waals surface area contributed by atoms with Crippen molar-refractivity contribution >= 4 is 5.91 Å². The lowest BCUT2D eigenvalue weighted by Crippen LogP contribution is -2.40. The molecular weight excluding hydrogens is 272 g/mol. The molecule has 1 saturated heterocycles. The zero-order chi connectivity index (χ0) is 15.8. The van der Waals surface area contributed by atoms with Crippen LogP contribution in [-0.2, 0) is 11.2 Å². The average molecular weight is 302 g/mol. The highest BCUT2D eigenvalue weighted by molar-refractivity contribution is 5.76. The highest BCUT2D eigenvalue weighted by Crippen LogP contribution is 2.18. The summed E-state index contributed by atoms with van der Waals surface area (Å²) < 4.78 is 0. The first-order chi connectivity index (χ1) is 10.7. The summed E-state index contributed by atoms with van der Waals surface area (Å²) >= 11 is 0. The van der Waals surface area contributed by atoms with E-state index in [9.17, 15) is 4.79 Å². The van der Waals surface area contributed by atoms with Crippen molar-refractivity contribution in [3.8, 4) is 0 Å². The van der Waals surface area contributed by atoms with Crippen LogP contribution in [0, 0.1) is 12.8 Å². The third kappa shape index (κ3) is 5.45. The zero-order valence-corrected chi connectivity index (χ0v) is 14.1. The largest absolute Gasteiger partial charge is 0.343 e. The van der Waals surface area contributed by atoms with Crippen molar-refractivity contribution in [3.05, 3.63) is 35.4 Å². The monoisotopic (exact) mass is 302 g/mol. The summed E-state index contributed by atoms with van der Waals surface area (Å²) in [6.07, 6.45) is 4.95. The Bertz CT molecular complexity index is 447. The second kappa shape index (κ2) is 8.94. The number of benzene rings is 1. The number of rotatable bonds is 7. The number of hydrogen-bond donors (Lipinski definition) is 1. The maximum Gasteiger partial charge on any atom is 0.222 e. The molecule has 0 spiro atoms. The number of likely N-dealkylation sites (tertiary alicyclic amines) is 1. The van der Waals surface area contributed by atoms with Crippen molar-refractivity contribution in [2.75, 3.05) is 26.2 Å². The quantitative estimate of drug-likeness (QED) is 0.839. The van der Waals surface area contributed by atoms with Gasteiger partial charge in [-0.15, -0.1) is 0 Å². The van der Waals surface area contributed by atoms with E-state index in [-0.39, 0.29) is 0 Å². The molecule has 2 rings (SSSR count). The van der Waals surface area contributed by atoms with Gasteiger partial charge in [-0.05, 0) is 57.2 Å². The van der Waals surface area contributed by atoms with Crippen LogP contribution in [0.1, 0.15) is 43.7 Å². The molecule has 0 aromatic heterocycles. The summed E-state index contributed by atoms with van der Waals surface area (Å²) in [7, 11) is 0. The van der Waals surface area contributed by atoms with E-state index < -0.39 is 0 Å². The van der Waals surface area contributed by atoms with E-state index in [2.05, 4.69) is 48.3 Å². The Morgan fingerprint density at radius 2 is 1.91 bits per heavy atom. The first-order valence-corrected chi connectivity index (χ1v) is 8.73. The van der Waals surface area contributed by atoms with Crippen molar-refractivity contribution in [1.82, 2.24) is 10.2 Å². The second-order valence-corrected chi connectivity index (χ2v) is 6.47. The third-order valence-corrected chi connectivity index (χ3v) is 4.63. The number of hydrogen-bond acceptors (Lipinski definition) is 2. The van der Waals surface area contributed by atoms with Crippen LogP contribution in [0.3, 0.4) is 0 Å². The molecule has 0 radical (unpaired) electrons. The molecule has 1 amide bonds. The Balaban J connectivity index is 1.64. The Morgan fingerprint density at radius 1 is 1.23 bits per heavy atom. The van der Waals surface area contributed by atoms with Crippen molar-refractivity contribution < 1.29 is 4.79 Å². The van der Waals surface area contributed by atoms with Crippen LogP contribution in [0.2, 0.25) is 0 Å². The van der Waals surface area contributed by atoms with Gasteiger partial charge in [0.25, 0.3) is 0 Å². The molecule has 1 heterocycles. The highest BCUT2D eigenvalue weighted by Gasteiger charge is 2.21. The number of amides is 1. The van der Waals surface area contributed by atoms with Crippen molar-refractivity contribution in [2.45, 2.75) is 46.0 Å². The molecule has 1 aromatic rings. The fraction of sp³-hybridized carbons (Fsp3) is 0.632. The fourth-order valence-corrected chi connectivity index (χ4v) is 3.09. The molecule has 1 aromatic carbocycles. The van der Waals surface area contributed by atoms with Crippen LogP contribution in [0.25, 0.3) is 0 Å². The van der Waals surface area contributed by atoms with Gasteiger partial charge in [0.1, 0.15) is 0 Å². The van der Waals surface area contributed by atoms with Gasteiger partial charge < -0.3 is 10.2 Å². The molecule has 0 bridgehead atoms. The van der Waals surface area contributed by atoms with E-state index in [1.54, 1.807) is 0 Å². The first kappa shape index (κ1) is 17.0. The number of piperidine rings is 1. The van der Waals surface area contributed by atoms with Gasteiger partial charge in [-0.25, -0.2) is 0 Å². The maximum absolute atomic E-state index is 12.3. The van der Waals surface area contributed by atoms with E-state index in [1.165, 1.54) is 11.1 Å². The molecule has 0 atom stereocenters. The smallest absolute Gasteiger partial charge is 0.222 e. The Morgan fingerprint density at radius 3 is 2.55 bits per heavy atom. The first-order valence-electron chi connectivity index (χ1n) is 8.73. The van der Waals surface area contributed by atoms with Crippen LogP contribution < -0.4 is 5.32 Å². The topological polar surface area (TPSA) is 32.3 Å². The lowest BCUT2D eigenvalue weighted by Gasteiger charge is -2.32. The predicted octanol–water partition coefficient (Wildman–Crippen LogP) is 3.17. The minimum absolute atomic E-state index is 0.342. The van der Waals surface area contributed by atoms with Crippen LogP contribution in [0.15, 0.2) is 24.3 Å². The number of nitrogens with one attached hydrogen (secondary N) is 1. The molecular formula is C19H30N2O. The molecule has 122 valence electrons. The normalized spacial score (nSPS) is 16.0. The van der Waals surface area contributed by atoms with Gasteiger partial charge in [-0.1, -0.05) is 36.8 Å². The SMILES string of the molecule is CCNCC1CCN(C(=O)CCCc2ccc(C)cc2)CC1. The van der Waals surface area contributed by atoms with E-state index in [0.29, 0.717) is 12.3 Å². The summed E-state index contributed by atoms with van der Waals surface area (Å²) in [5, 5.41) is 3.41. The molecule has 3 heteroatoms. The van der Waals surface area contributed by atoms with Crippen LogP contribution >= 0.6 is 0 Å². The number of aryl methyl sites for hydroxylation is 2. The van der Waals surface area contributed by atoms with Crippen LogP contribution in [-0.4, -0.2) is 37.0 Å². The third-order valence-electron chi connectivity index (χ3n) is 4.63. The molecule has 0 saturated carbocycles. The minimum atomic E-state index is 0.342.